The van der Waals surface area contributed by atoms with E-state index < -0.39 is 39.0 Å². The minimum absolute atomic E-state index is 0.00954. The molecule has 1 fully saturated rings. The quantitative estimate of drug-likeness (QED) is 0.445. The van der Waals surface area contributed by atoms with E-state index in [1.807, 2.05) is 25.3 Å². The Bertz CT molecular complexity index is 1210. The second kappa shape index (κ2) is 10.8. The summed E-state index contributed by atoms with van der Waals surface area (Å²) < 4.78 is 72.5. The number of rotatable bonds is 8. The van der Waals surface area contributed by atoms with Crippen LogP contribution in [0.1, 0.15) is 76.6 Å². The lowest BCUT2D eigenvalue weighted by molar-refractivity contribution is -0.137. The number of carbonyl (C=O) groups is 1. The summed E-state index contributed by atoms with van der Waals surface area (Å²) in [4.78, 5) is 11.4. The topological polar surface area (TPSA) is 94.2 Å². The Labute approximate surface area is 217 Å². The Morgan fingerprint density at radius 3 is 2.22 bits per heavy atom. The molecule has 0 aliphatic heterocycles. The maximum absolute atomic E-state index is 13.9. The zero-order chi connectivity index (χ0) is 27.8. The van der Waals surface area contributed by atoms with E-state index in [9.17, 15) is 26.4 Å². The largest absolute Gasteiger partial charge is 0.416 e. The van der Waals surface area contributed by atoms with Gasteiger partial charge in [-0.3, -0.25) is 4.79 Å². The number of carbonyl (C=O) groups excluding carboxylic acids is 1. The number of sulfonamides is 1. The fraction of sp³-hybridized carbons (Fsp3) is 0.593. The van der Waals surface area contributed by atoms with E-state index in [-0.39, 0.29) is 11.4 Å². The van der Waals surface area contributed by atoms with E-state index in [1.165, 1.54) is 13.0 Å². The summed E-state index contributed by atoms with van der Waals surface area (Å²) in [6.07, 6.45) is 0.740. The number of primary amides is 1. The molecule has 1 aromatic heterocycles. The normalized spacial score (nSPS) is 16.6. The lowest BCUT2D eigenvalue weighted by Gasteiger charge is -2.25. The van der Waals surface area contributed by atoms with Crippen molar-refractivity contribution in [1.82, 2.24) is 9.29 Å². The van der Waals surface area contributed by atoms with Gasteiger partial charge in [0.05, 0.1) is 5.56 Å². The third kappa shape index (κ3) is 6.96. The summed E-state index contributed by atoms with van der Waals surface area (Å²) in [6, 6.07) is 5.44. The van der Waals surface area contributed by atoms with Gasteiger partial charge >= 0.3 is 6.18 Å². The van der Waals surface area contributed by atoms with Crippen LogP contribution in [0.2, 0.25) is 0 Å². The van der Waals surface area contributed by atoms with Crippen LogP contribution in [-0.2, 0) is 33.0 Å². The van der Waals surface area contributed by atoms with E-state index in [4.69, 9.17) is 5.73 Å². The Morgan fingerprint density at radius 1 is 1.08 bits per heavy atom. The van der Waals surface area contributed by atoms with Crippen LogP contribution in [0.4, 0.5) is 13.2 Å². The van der Waals surface area contributed by atoms with Crippen molar-refractivity contribution in [3.05, 3.63) is 41.1 Å². The smallest absolute Gasteiger partial charge is 0.369 e. The van der Waals surface area contributed by atoms with Crippen LogP contribution in [0.3, 0.4) is 0 Å². The standard InChI is InChI=1S/C27H38F3N3O3S/c1-17(25(31)34)15-32-37(35,36)24-14-23(33(18(24)2)16-19-9-7-6-8-10-19)20-11-21(26(3,4)5)13-22(12-20)27(28,29)30/h11-14,17,19,32H,6-10,15-16H2,1-5H3,(H2,31,34). The summed E-state index contributed by atoms with van der Waals surface area (Å²) in [5, 5.41) is 0. The lowest BCUT2D eigenvalue weighted by atomic mass is 9.84. The van der Waals surface area contributed by atoms with E-state index in [0.29, 0.717) is 35.0 Å². The fourth-order valence-corrected chi connectivity index (χ4v) is 6.17. The van der Waals surface area contributed by atoms with Gasteiger partial charge in [0.2, 0.25) is 15.9 Å². The molecule has 1 atom stereocenters. The van der Waals surface area contributed by atoms with Crippen LogP contribution in [0.15, 0.2) is 29.2 Å². The van der Waals surface area contributed by atoms with Crippen molar-refractivity contribution in [1.29, 1.82) is 0 Å². The van der Waals surface area contributed by atoms with Gasteiger partial charge < -0.3 is 10.3 Å². The number of hydrogen-bond acceptors (Lipinski definition) is 3. The molecule has 3 rings (SSSR count). The molecule has 3 N–H and O–H groups in total. The summed E-state index contributed by atoms with van der Waals surface area (Å²) in [7, 11) is -4.05. The van der Waals surface area contributed by atoms with Crippen molar-refractivity contribution in [2.45, 2.75) is 89.8 Å². The Hall–Kier alpha value is -2.33. The van der Waals surface area contributed by atoms with Crippen molar-refractivity contribution < 1.29 is 26.4 Å². The van der Waals surface area contributed by atoms with Crippen LogP contribution in [0, 0.1) is 18.8 Å². The number of benzene rings is 1. The Balaban J connectivity index is 2.18. The molecule has 1 aliphatic rings. The molecule has 37 heavy (non-hydrogen) atoms. The molecule has 0 saturated heterocycles. The zero-order valence-corrected chi connectivity index (χ0v) is 23.0. The maximum Gasteiger partial charge on any atom is 0.416 e. The number of aromatic nitrogens is 1. The van der Waals surface area contributed by atoms with Gasteiger partial charge in [-0.05, 0) is 66.5 Å². The van der Waals surface area contributed by atoms with Gasteiger partial charge in [-0.1, -0.05) is 47.0 Å². The highest BCUT2D eigenvalue weighted by Crippen LogP contribution is 2.39. The molecule has 1 unspecified atom stereocenters. The third-order valence-electron chi connectivity index (χ3n) is 7.26. The molecule has 1 aliphatic carbocycles. The number of hydrogen-bond donors (Lipinski definition) is 2. The molecule has 0 radical (unpaired) electrons. The SMILES string of the molecule is Cc1c(S(=O)(=O)NCC(C)C(N)=O)cc(-c2cc(C(C)(C)C)cc(C(F)(F)F)c2)n1CC1CCCCC1. The second-order valence-electron chi connectivity index (χ2n) is 11.3. The number of alkyl halides is 3. The highest BCUT2D eigenvalue weighted by Gasteiger charge is 2.34. The monoisotopic (exact) mass is 541 g/mol. The number of amides is 1. The molecule has 1 saturated carbocycles. The molecule has 10 heteroatoms. The van der Waals surface area contributed by atoms with Crippen LogP contribution >= 0.6 is 0 Å². The molecule has 0 spiro atoms. The molecular weight excluding hydrogens is 503 g/mol. The minimum atomic E-state index is -4.55. The molecule has 206 valence electrons. The number of halogens is 3. The average molecular weight is 542 g/mol. The lowest BCUT2D eigenvalue weighted by Crippen LogP contribution is -2.34. The molecule has 1 heterocycles. The summed E-state index contributed by atoms with van der Waals surface area (Å²) >= 11 is 0. The Morgan fingerprint density at radius 2 is 1.68 bits per heavy atom. The molecule has 0 bridgehead atoms. The van der Waals surface area contributed by atoms with Crippen LogP contribution in [0.25, 0.3) is 11.3 Å². The Kier molecular flexibility index (Phi) is 8.54. The first-order chi connectivity index (χ1) is 17.0. The van der Waals surface area contributed by atoms with E-state index in [0.717, 1.165) is 44.2 Å². The second-order valence-corrected chi connectivity index (χ2v) is 13.0. The maximum atomic E-state index is 13.9. The minimum Gasteiger partial charge on any atom is -0.369 e. The number of nitrogens with zero attached hydrogens (tertiary/aromatic N) is 1. The van der Waals surface area contributed by atoms with Crippen molar-refractivity contribution >= 4 is 15.9 Å². The first-order valence-corrected chi connectivity index (χ1v) is 14.2. The molecular formula is C27H38F3N3O3S. The fourth-order valence-electron chi connectivity index (χ4n) is 4.78. The van der Waals surface area contributed by atoms with Gasteiger partial charge in [0.1, 0.15) is 4.90 Å². The highest BCUT2D eigenvalue weighted by atomic mass is 32.2. The summed E-state index contributed by atoms with van der Waals surface area (Å²) in [5.74, 6) is -1.03. The van der Waals surface area contributed by atoms with Crippen LogP contribution in [-0.4, -0.2) is 25.4 Å². The summed E-state index contributed by atoms with van der Waals surface area (Å²) in [6.45, 7) is 9.09. The van der Waals surface area contributed by atoms with Crippen molar-refractivity contribution in [3.8, 4) is 11.3 Å². The molecule has 6 nitrogen and oxygen atoms in total. The van der Waals surface area contributed by atoms with Gasteiger partial charge in [0, 0.05) is 30.4 Å². The molecule has 1 aromatic carbocycles. The summed E-state index contributed by atoms with van der Waals surface area (Å²) in [5.41, 5.74) is 5.68. The van der Waals surface area contributed by atoms with Crippen molar-refractivity contribution in [2.75, 3.05) is 6.54 Å². The predicted octanol–water partition coefficient (Wildman–Crippen LogP) is 5.76. The first kappa shape index (κ1) is 29.2. The van der Waals surface area contributed by atoms with Gasteiger partial charge in [-0.2, -0.15) is 13.2 Å². The van der Waals surface area contributed by atoms with Crippen molar-refractivity contribution in [2.24, 2.45) is 17.6 Å². The number of nitrogens with one attached hydrogen (secondary N) is 1. The van der Waals surface area contributed by atoms with E-state index in [2.05, 4.69) is 4.72 Å². The van der Waals surface area contributed by atoms with Gasteiger partial charge in [0.25, 0.3) is 0 Å². The van der Waals surface area contributed by atoms with Gasteiger partial charge in [-0.15, -0.1) is 0 Å². The van der Waals surface area contributed by atoms with Crippen LogP contribution < -0.4 is 10.5 Å². The van der Waals surface area contributed by atoms with Crippen molar-refractivity contribution in [3.63, 3.8) is 0 Å². The first-order valence-electron chi connectivity index (χ1n) is 12.7. The van der Waals surface area contributed by atoms with Crippen LogP contribution in [0.5, 0.6) is 0 Å². The van der Waals surface area contributed by atoms with E-state index >= 15 is 0 Å². The average Bonchev–Trinajstić information content (AvgIpc) is 3.13. The third-order valence-corrected chi connectivity index (χ3v) is 8.80. The van der Waals surface area contributed by atoms with E-state index in [1.54, 1.807) is 13.0 Å². The number of nitrogens with two attached hydrogens (primary N) is 1. The molecule has 1 amide bonds. The molecule has 2 aromatic rings. The zero-order valence-electron chi connectivity index (χ0n) is 22.2. The highest BCUT2D eigenvalue weighted by molar-refractivity contribution is 7.89. The predicted molar refractivity (Wildman–Crippen MR) is 138 cm³/mol. The van der Waals surface area contributed by atoms with Gasteiger partial charge in [-0.25, -0.2) is 13.1 Å². The van der Waals surface area contributed by atoms with Gasteiger partial charge in [0.15, 0.2) is 0 Å².